The molecule has 13 heavy (non-hydrogen) atoms. The van der Waals surface area contributed by atoms with E-state index in [2.05, 4.69) is 5.32 Å². The molecule has 0 bridgehead atoms. The van der Waals surface area contributed by atoms with Gasteiger partial charge in [-0.3, -0.25) is 4.79 Å². The zero-order valence-corrected chi connectivity index (χ0v) is 7.57. The number of amides is 1. The Morgan fingerprint density at radius 2 is 2.00 bits per heavy atom. The molecule has 0 aliphatic heterocycles. The molecule has 0 radical (unpaired) electrons. The number of unbranched alkanes of at least 4 members (excludes halogenated alkanes) is 1. The minimum absolute atomic E-state index is 0.0778. The molecule has 4 N–H and O–H groups in total. The molecule has 0 aromatic carbocycles. The van der Waals surface area contributed by atoms with E-state index in [1.54, 1.807) is 0 Å². The van der Waals surface area contributed by atoms with Crippen molar-refractivity contribution >= 4 is 5.91 Å². The average molecular weight is 191 g/mol. The molecule has 5 heteroatoms. The van der Waals surface area contributed by atoms with Gasteiger partial charge in [-0.25, -0.2) is 0 Å². The lowest BCUT2D eigenvalue weighted by molar-refractivity contribution is -0.121. The van der Waals surface area contributed by atoms with E-state index in [0.717, 1.165) is 0 Å². The third-order valence-corrected chi connectivity index (χ3v) is 1.56. The summed E-state index contributed by atoms with van der Waals surface area (Å²) in [5, 5.41) is 28.2. The maximum absolute atomic E-state index is 11.0. The molecule has 0 heterocycles. The van der Waals surface area contributed by atoms with Gasteiger partial charge in [0.15, 0.2) is 0 Å². The first-order valence-electron chi connectivity index (χ1n) is 4.37. The van der Waals surface area contributed by atoms with Gasteiger partial charge in [-0.2, -0.15) is 0 Å². The maximum atomic E-state index is 11.0. The predicted molar refractivity (Wildman–Crippen MR) is 47.0 cm³/mol. The lowest BCUT2D eigenvalue weighted by Crippen LogP contribution is -2.33. The van der Waals surface area contributed by atoms with Crippen LogP contribution in [0.2, 0.25) is 0 Å². The highest BCUT2D eigenvalue weighted by molar-refractivity contribution is 5.75. The van der Waals surface area contributed by atoms with Crippen LogP contribution in [0.5, 0.6) is 0 Å². The first kappa shape index (κ1) is 12.3. The highest BCUT2D eigenvalue weighted by Gasteiger charge is 2.04. The van der Waals surface area contributed by atoms with Crippen LogP contribution in [-0.4, -0.2) is 47.1 Å². The lowest BCUT2D eigenvalue weighted by Gasteiger charge is -2.08. The van der Waals surface area contributed by atoms with Gasteiger partial charge < -0.3 is 20.6 Å². The molecular weight excluding hydrogens is 174 g/mol. The summed E-state index contributed by atoms with van der Waals surface area (Å²) in [6.45, 7) is -0.183. The van der Waals surface area contributed by atoms with Crippen molar-refractivity contribution in [2.75, 3.05) is 19.8 Å². The molecule has 0 aromatic rings. The fourth-order valence-electron chi connectivity index (χ4n) is 0.782. The number of hydrogen-bond acceptors (Lipinski definition) is 4. The Hall–Kier alpha value is -0.650. The van der Waals surface area contributed by atoms with E-state index < -0.39 is 6.10 Å². The highest BCUT2D eigenvalue weighted by atomic mass is 16.3. The van der Waals surface area contributed by atoms with Gasteiger partial charge in [0, 0.05) is 19.6 Å². The van der Waals surface area contributed by atoms with Crippen LogP contribution < -0.4 is 5.32 Å². The molecule has 0 spiro atoms. The van der Waals surface area contributed by atoms with Gasteiger partial charge in [-0.1, -0.05) is 0 Å². The summed E-state index contributed by atoms with van der Waals surface area (Å²) >= 11 is 0. The summed E-state index contributed by atoms with van der Waals surface area (Å²) in [5.41, 5.74) is 0. The Kier molecular flexibility index (Phi) is 7.57. The van der Waals surface area contributed by atoms with Gasteiger partial charge in [0.1, 0.15) is 0 Å². The van der Waals surface area contributed by atoms with E-state index in [1.165, 1.54) is 0 Å². The van der Waals surface area contributed by atoms with E-state index in [-0.39, 0.29) is 25.7 Å². The SMILES string of the molecule is O=C(CCCCO)NCC(O)CO. The first-order valence-corrected chi connectivity index (χ1v) is 4.37. The molecule has 5 nitrogen and oxygen atoms in total. The Morgan fingerprint density at radius 3 is 2.54 bits per heavy atom. The molecule has 1 amide bonds. The monoisotopic (exact) mass is 191 g/mol. The molecule has 0 fully saturated rings. The fourth-order valence-corrected chi connectivity index (χ4v) is 0.782. The third kappa shape index (κ3) is 7.70. The Balaban J connectivity index is 3.30. The van der Waals surface area contributed by atoms with Crippen LogP contribution in [0.3, 0.4) is 0 Å². The molecule has 78 valence electrons. The summed E-state index contributed by atoms with van der Waals surface area (Å²) in [6, 6.07) is 0. The second-order valence-electron chi connectivity index (χ2n) is 2.82. The summed E-state index contributed by atoms with van der Waals surface area (Å²) in [4.78, 5) is 11.0. The molecule has 1 unspecified atom stereocenters. The molecular formula is C8H17NO4. The van der Waals surface area contributed by atoms with Crippen LogP contribution in [0.4, 0.5) is 0 Å². The standard InChI is InChI=1S/C8H17NO4/c10-4-2-1-3-8(13)9-5-7(12)6-11/h7,10-12H,1-6H2,(H,9,13). The van der Waals surface area contributed by atoms with Crippen molar-refractivity contribution in [1.29, 1.82) is 0 Å². The van der Waals surface area contributed by atoms with Gasteiger partial charge in [-0.15, -0.1) is 0 Å². The summed E-state index contributed by atoms with van der Waals surface area (Å²) in [6.07, 6.45) is 0.702. The number of carbonyl (C=O) groups excluding carboxylic acids is 1. The number of rotatable bonds is 7. The van der Waals surface area contributed by atoms with E-state index in [0.29, 0.717) is 19.3 Å². The van der Waals surface area contributed by atoms with Crippen LogP contribution in [-0.2, 0) is 4.79 Å². The van der Waals surface area contributed by atoms with Crippen LogP contribution >= 0.6 is 0 Å². The van der Waals surface area contributed by atoms with Gasteiger partial charge in [0.25, 0.3) is 0 Å². The second-order valence-corrected chi connectivity index (χ2v) is 2.82. The number of hydrogen-bond donors (Lipinski definition) is 4. The Labute approximate surface area is 77.4 Å². The van der Waals surface area contributed by atoms with E-state index in [1.807, 2.05) is 0 Å². The molecule has 0 aliphatic rings. The topological polar surface area (TPSA) is 89.8 Å². The summed E-state index contributed by atoms with van der Waals surface area (Å²) in [5.74, 6) is -0.166. The minimum atomic E-state index is -0.887. The number of aliphatic hydroxyl groups is 3. The van der Waals surface area contributed by atoms with E-state index in [9.17, 15) is 4.79 Å². The Morgan fingerprint density at radius 1 is 1.31 bits per heavy atom. The normalized spacial score (nSPS) is 12.5. The maximum Gasteiger partial charge on any atom is 0.220 e. The lowest BCUT2D eigenvalue weighted by atomic mass is 10.2. The number of carbonyl (C=O) groups is 1. The number of nitrogens with one attached hydrogen (secondary N) is 1. The van der Waals surface area contributed by atoms with Crippen molar-refractivity contribution in [3.63, 3.8) is 0 Å². The second kappa shape index (κ2) is 7.97. The molecule has 0 aliphatic carbocycles. The molecule has 0 saturated carbocycles. The third-order valence-electron chi connectivity index (χ3n) is 1.56. The molecule has 0 aromatic heterocycles. The molecule has 0 rings (SSSR count). The van der Waals surface area contributed by atoms with Crippen LogP contribution in [0.25, 0.3) is 0 Å². The van der Waals surface area contributed by atoms with Crippen molar-refractivity contribution in [3.8, 4) is 0 Å². The van der Waals surface area contributed by atoms with E-state index in [4.69, 9.17) is 15.3 Å². The summed E-state index contributed by atoms with van der Waals surface area (Å²) < 4.78 is 0. The Bertz CT molecular complexity index is 140. The smallest absolute Gasteiger partial charge is 0.220 e. The zero-order valence-electron chi connectivity index (χ0n) is 7.57. The average Bonchev–Trinajstić information content (AvgIpc) is 2.14. The summed E-state index contributed by atoms with van der Waals surface area (Å²) in [7, 11) is 0. The minimum Gasteiger partial charge on any atom is -0.396 e. The van der Waals surface area contributed by atoms with Crippen molar-refractivity contribution in [1.82, 2.24) is 5.32 Å². The predicted octanol–water partition coefficient (Wildman–Crippen LogP) is -1.38. The van der Waals surface area contributed by atoms with Crippen LogP contribution in [0.15, 0.2) is 0 Å². The van der Waals surface area contributed by atoms with Crippen molar-refractivity contribution in [3.05, 3.63) is 0 Å². The fraction of sp³-hybridized carbons (Fsp3) is 0.875. The largest absolute Gasteiger partial charge is 0.396 e. The van der Waals surface area contributed by atoms with Crippen molar-refractivity contribution in [2.24, 2.45) is 0 Å². The zero-order chi connectivity index (χ0) is 10.1. The number of aliphatic hydroxyl groups excluding tert-OH is 3. The molecule has 1 atom stereocenters. The van der Waals surface area contributed by atoms with Crippen LogP contribution in [0, 0.1) is 0 Å². The van der Waals surface area contributed by atoms with Gasteiger partial charge in [0.05, 0.1) is 12.7 Å². The first-order chi connectivity index (χ1) is 6.20. The van der Waals surface area contributed by atoms with Crippen molar-refractivity contribution in [2.45, 2.75) is 25.4 Å². The molecule has 0 saturated heterocycles. The van der Waals surface area contributed by atoms with Crippen LogP contribution in [0.1, 0.15) is 19.3 Å². The quantitative estimate of drug-likeness (QED) is 0.373. The highest BCUT2D eigenvalue weighted by Crippen LogP contribution is 1.93. The van der Waals surface area contributed by atoms with Gasteiger partial charge >= 0.3 is 0 Å². The van der Waals surface area contributed by atoms with Crippen molar-refractivity contribution < 1.29 is 20.1 Å². The van der Waals surface area contributed by atoms with Gasteiger partial charge in [0.2, 0.25) is 5.91 Å². The van der Waals surface area contributed by atoms with E-state index >= 15 is 0 Å². The van der Waals surface area contributed by atoms with Gasteiger partial charge in [-0.05, 0) is 12.8 Å².